The fourth-order valence-electron chi connectivity index (χ4n) is 1.15. The second kappa shape index (κ2) is 6.49. The maximum absolute atomic E-state index is 11.3. The fraction of sp³-hybridized carbons (Fsp3) is 0.273. The third kappa shape index (κ3) is 4.52. The Bertz CT molecular complexity index is 396. The maximum Gasteiger partial charge on any atom is 0.326 e. The number of nitrogens with one attached hydrogen (secondary N) is 1. The number of aliphatic hydroxyl groups excluding tert-OH is 1. The highest BCUT2D eigenvalue weighted by Crippen LogP contribution is 2.02. The molecule has 1 unspecified atom stereocenters. The number of furan rings is 1. The molecule has 0 fully saturated rings. The van der Waals surface area contributed by atoms with Gasteiger partial charge in [-0.1, -0.05) is 0 Å². The van der Waals surface area contributed by atoms with E-state index in [2.05, 4.69) is 5.32 Å². The zero-order chi connectivity index (χ0) is 12.7. The van der Waals surface area contributed by atoms with Crippen molar-refractivity contribution in [2.75, 3.05) is 6.61 Å². The van der Waals surface area contributed by atoms with E-state index in [9.17, 15) is 9.59 Å². The van der Waals surface area contributed by atoms with E-state index in [4.69, 9.17) is 14.6 Å². The molecule has 1 heterocycles. The van der Waals surface area contributed by atoms with Gasteiger partial charge in [0.15, 0.2) is 0 Å². The molecule has 0 spiro atoms. The molecule has 1 aromatic rings. The van der Waals surface area contributed by atoms with Crippen LogP contribution in [-0.2, 0) is 9.59 Å². The number of rotatable bonds is 6. The van der Waals surface area contributed by atoms with E-state index in [0.29, 0.717) is 5.76 Å². The van der Waals surface area contributed by atoms with Crippen molar-refractivity contribution < 1.29 is 24.2 Å². The molecule has 0 aromatic carbocycles. The SMILES string of the molecule is O=C(C=Cc1ccco1)NC(CCO)C(=O)O. The summed E-state index contributed by atoms with van der Waals surface area (Å²) in [5.74, 6) is -1.24. The molecule has 0 radical (unpaired) electrons. The van der Waals surface area contributed by atoms with E-state index in [1.54, 1.807) is 12.1 Å². The summed E-state index contributed by atoms with van der Waals surface area (Å²) in [6.45, 7) is -0.306. The highest BCUT2D eigenvalue weighted by molar-refractivity contribution is 5.94. The first-order valence-corrected chi connectivity index (χ1v) is 4.99. The number of hydrogen-bond donors (Lipinski definition) is 3. The number of aliphatic carboxylic acids is 1. The highest BCUT2D eigenvalue weighted by Gasteiger charge is 2.17. The Hall–Kier alpha value is -2.08. The van der Waals surface area contributed by atoms with E-state index >= 15 is 0 Å². The molecule has 0 aliphatic rings. The quantitative estimate of drug-likeness (QED) is 0.618. The number of carboxylic acid groups (broad SMARTS) is 1. The Morgan fingerprint density at radius 1 is 1.53 bits per heavy atom. The molecule has 0 aliphatic carbocycles. The van der Waals surface area contributed by atoms with Gasteiger partial charge in [-0.05, 0) is 18.2 Å². The minimum absolute atomic E-state index is 0.0321. The van der Waals surface area contributed by atoms with Gasteiger partial charge in [-0.15, -0.1) is 0 Å². The van der Waals surface area contributed by atoms with Gasteiger partial charge in [0.05, 0.1) is 6.26 Å². The lowest BCUT2D eigenvalue weighted by molar-refractivity contribution is -0.141. The molecular weight excluding hydrogens is 226 g/mol. The van der Waals surface area contributed by atoms with Gasteiger partial charge in [0.25, 0.3) is 0 Å². The molecule has 0 saturated carbocycles. The average molecular weight is 239 g/mol. The van der Waals surface area contributed by atoms with Crippen LogP contribution in [0.3, 0.4) is 0 Å². The van der Waals surface area contributed by atoms with Gasteiger partial charge in [-0.2, -0.15) is 0 Å². The first-order valence-electron chi connectivity index (χ1n) is 4.99. The van der Waals surface area contributed by atoms with Crippen LogP contribution in [0.15, 0.2) is 28.9 Å². The summed E-state index contributed by atoms with van der Waals surface area (Å²) < 4.78 is 4.96. The van der Waals surface area contributed by atoms with Crippen LogP contribution in [0.5, 0.6) is 0 Å². The fourth-order valence-corrected chi connectivity index (χ4v) is 1.15. The molecule has 1 aromatic heterocycles. The topological polar surface area (TPSA) is 99.8 Å². The normalized spacial score (nSPS) is 12.5. The molecule has 1 amide bonds. The molecule has 3 N–H and O–H groups in total. The van der Waals surface area contributed by atoms with Crippen LogP contribution in [0.2, 0.25) is 0 Å². The van der Waals surface area contributed by atoms with Gasteiger partial charge >= 0.3 is 5.97 Å². The summed E-state index contributed by atoms with van der Waals surface area (Å²) >= 11 is 0. The number of aliphatic hydroxyl groups is 1. The van der Waals surface area contributed by atoms with Crippen LogP contribution in [0.4, 0.5) is 0 Å². The predicted molar refractivity (Wildman–Crippen MR) is 59.0 cm³/mol. The van der Waals surface area contributed by atoms with Crippen LogP contribution in [0.25, 0.3) is 6.08 Å². The largest absolute Gasteiger partial charge is 0.480 e. The van der Waals surface area contributed by atoms with Gasteiger partial charge in [-0.3, -0.25) is 4.79 Å². The molecule has 1 rings (SSSR count). The minimum atomic E-state index is -1.18. The Kier molecular flexibility index (Phi) is 4.96. The standard InChI is InChI=1S/C11H13NO5/c13-6-5-9(11(15)16)12-10(14)4-3-8-2-1-7-17-8/h1-4,7,9,13H,5-6H2,(H,12,14)(H,15,16). The molecule has 17 heavy (non-hydrogen) atoms. The number of amides is 1. The molecule has 1 atom stereocenters. The van der Waals surface area contributed by atoms with Crippen molar-refractivity contribution in [1.82, 2.24) is 5.32 Å². The smallest absolute Gasteiger partial charge is 0.326 e. The van der Waals surface area contributed by atoms with Gasteiger partial charge in [0, 0.05) is 19.1 Å². The zero-order valence-electron chi connectivity index (χ0n) is 9.00. The Labute approximate surface area is 97.6 Å². The molecule has 6 nitrogen and oxygen atoms in total. The second-order valence-electron chi connectivity index (χ2n) is 3.26. The Balaban J connectivity index is 2.50. The van der Waals surface area contributed by atoms with Crippen LogP contribution in [-0.4, -0.2) is 34.7 Å². The minimum Gasteiger partial charge on any atom is -0.480 e. The zero-order valence-corrected chi connectivity index (χ0v) is 9.00. The first kappa shape index (κ1) is 13.0. The lowest BCUT2D eigenvalue weighted by Gasteiger charge is -2.10. The molecule has 0 bridgehead atoms. The lowest BCUT2D eigenvalue weighted by atomic mass is 10.2. The summed E-state index contributed by atoms with van der Waals surface area (Å²) in [5.41, 5.74) is 0. The van der Waals surface area contributed by atoms with E-state index in [-0.39, 0.29) is 13.0 Å². The summed E-state index contributed by atoms with van der Waals surface area (Å²) in [6, 6.07) is 2.24. The number of carbonyl (C=O) groups is 2. The Morgan fingerprint density at radius 3 is 2.82 bits per heavy atom. The van der Waals surface area contributed by atoms with Crippen molar-refractivity contribution in [3.63, 3.8) is 0 Å². The number of hydrogen-bond acceptors (Lipinski definition) is 4. The Morgan fingerprint density at radius 2 is 2.29 bits per heavy atom. The van der Waals surface area contributed by atoms with E-state index in [1.807, 2.05) is 0 Å². The summed E-state index contributed by atoms with van der Waals surface area (Å²) in [5, 5.41) is 19.6. The van der Waals surface area contributed by atoms with Crippen LogP contribution >= 0.6 is 0 Å². The average Bonchev–Trinajstić information content (AvgIpc) is 2.78. The van der Waals surface area contributed by atoms with Crippen molar-refractivity contribution in [2.45, 2.75) is 12.5 Å². The van der Waals surface area contributed by atoms with E-state index in [1.165, 1.54) is 18.4 Å². The summed E-state index contributed by atoms with van der Waals surface area (Å²) in [4.78, 5) is 22.0. The number of carbonyl (C=O) groups excluding carboxylic acids is 1. The summed E-state index contributed by atoms with van der Waals surface area (Å²) in [7, 11) is 0. The molecule has 0 aliphatic heterocycles. The highest BCUT2D eigenvalue weighted by atomic mass is 16.4. The van der Waals surface area contributed by atoms with Crippen LogP contribution < -0.4 is 5.32 Å². The molecule has 92 valence electrons. The first-order chi connectivity index (χ1) is 8.13. The van der Waals surface area contributed by atoms with E-state index < -0.39 is 17.9 Å². The second-order valence-corrected chi connectivity index (χ2v) is 3.26. The van der Waals surface area contributed by atoms with Gasteiger partial charge in [-0.25, -0.2) is 4.79 Å². The third-order valence-corrected chi connectivity index (χ3v) is 1.97. The van der Waals surface area contributed by atoms with Crippen molar-refractivity contribution >= 4 is 18.0 Å². The monoisotopic (exact) mass is 239 g/mol. The van der Waals surface area contributed by atoms with Gasteiger partial charge < -0.3 is 19.9 Å². The van der Waals surface area contributed by atoms with E-state index in [0.717, 1.165) is 0 Å². The molecular formula is C11H13NO5. The third-order valence-electron chi connectivity index (χ3n) is 1.97. The van der Waals surface area contributed by atoms with Gasteiger partial charge in [0.1, 0.15) is 11.8 Å². The van der Waals surface area contributed by atoms with Gasteiger partial charge in [0.2, 0.25) is 5.91 Å². The lowest BCUT2D eigenvalue weighted by Crippen LogP contribution is -2.40. The van der Waals surface area contributed by atoms with Crippen LogP contribution in [0, 0.1) is 0 Å². The molecule has 0 saturated heterocycles. The molecule has 6 heteroatoms. The maximum atomic E-state index is 11.3. The van der Waals surface area contributed by atoms with Crippen molar-refractivity contribution in [3.8, 4) is 0 Å². The van der Waals surface area contributed by atoms with Crippen molar-refractivity contribution in [1.29, 1.82) is 0 Å². The number of carboxylic acids is 1. The predicted octanol–water partition coefficient (Wildman–Crippen LogP) is 0.245. The van der Waals surface area contributed by atoms with Crippen LogP contribution in [0.1, 0.15) is 12.2 Å². The summed E-state index contributed by atoms with van der Waals surface area (Å²) in [6.07, 6.45) is 4.03. The van der Waals surface area contributed by atoms with Crippen molar-refractivity contribution in [3.05, 3.63) is 30.2 Å². The van der Waals surface area contributed by atoms with Crippen molar-refractivity contribution in [2.24, 2.45) is 0 Å².